The molecule has 13 heteroatoms. The second kappa shape index (κ2) is 10.7. The first-order chi connectivity index (χ1) is 20.3. The molecule has 3 N–H and O–H groups in total. The number of aliphatic carboxylic acids is 1. The maximum atomic E-state index is 14.2. The van der Waals surface area contributed by atoms with Gasteiger partial charge in [0.15, 0.2) is 0 Å². The summed E-state index contributed by atoms with van der Waals surface area (Å²) < 4.78 is 95.5. The number of hydrogen-bond acceptors (Lipinski definition) is 4. The molecule has 3 fully saturated rings. The second-order valence-electron chi connectivity index (χ2n) is 12.8. The van der Waals surface area contributed by atoms with E-state index in [1.807, 2.05) is 0 Å². The van der Waals surface area contributed by atoms with Crippen molar-refractivity contribution in [2.45, 2.75) is 75.9 Å². The number of carbonyl (C=O) groups is 2. The number of benzene rings is 2. The first kappa shape index (κ1) is 32.2. The fraction of sp³-hybridized carbons (Fsp3) is 0.548. The number of rotatable bonds is 6. The van der Waals surface area contributed by atoms with Gasteiger partial charge in [-0.15, -0.1) is 0 Å². The lowest BCUT2D eigenvalue weighted by Gasteiger charge is -2.47. The Hall–Kier alpha value is -3.19. The summed E-state index contributed by atoms with van der Waals surface area (Å²) in [5.41, 5.74) is 1.64. The van der Waals surface area contributed by atoms with Gasteiger partial charge in [0.25, 0.3) is 0 Å². The van der Waals surface area contributed by atoms with E-state index >= 15 is 0 Å². The summed E-state index contributed by atoms with van der Waals surface area (Å²) in [5.74, 6) is -3.20. The number of alkyl halides is 6. The van der Waals surface area contributed by atoms with Crippen LogP contribution in [-0.4, -0.2) is 58.0 Å². The van der Waals surface area contributed by atoms with Gasteiger partial charge < -0.3 is 15.7 Å². The molecule has 3 aliphatic rings. The quantitative estimate of drug-likeness (QED) is 0.376. The standard InChI is InChI=1S/C31H34F7N3O3/c1-16-8-22(32)4-5-24(16)25-12-23(40-14-21-13-29(21,15-40)27(43)44)6-7-41(25)26(42)28(3,39)17(2)18-9-19(30(33,34)35)11-20(10-18)31(36,37)38/h4-5,8-11,17,21,23,25H,6-7,12-15,39H2,1-3H3,(H,43,44)/t17-,21+,23+,25-,28?,29+/m1/s1. The summed E-state index contributed by atoms with van der Waals surface area (Å²) in [5, 5.41) is 9.74. The highest BCUT2D eigenvalue weighted by atomic mass is 19.4. The molecule has 2 heterocycles. The number of aryl methyl sites for hydroxylation is 1. The largest absolute Gasteiger partial charge is 0.481 e. The molecule has 0 radical (unpaired) electrons. The van der Waals surface area contributed by atoms with Crippen LogP contribution in [0.4, 0.5) is 30.7 Å². The number of likely N-dealkylation sites (tertiary alicyclic amines) is 2. The first-order valence-electron chi connectivity index (χ1n) is 14.4. The van der Waals surface area contributed by atoms with Gasteiger partial charge in [-0.1, -0.05) is 13.0 Å². The van der Waals surface area contributed by atoms with E-state index in [0.29, 0.717) is 55.6 Å². The summed E-state index contributed by atoms with van der Waals surface area (Å²) in [6.45, 7) is 5.42. The Morgan fingerprint density at radius 1 is 1.05 bits per heavy atom. The van der Waals surface area contributed by atoms with Crippen molar-refractivity contribution >= 4 is 11.9 Å². The number of carboxylic acid groups (broad SMARTS) is 1. The molecule has 2 aliphatic heterocycles. The molecule has 2 saturated heterocycles. The monoisotopic (exact) mass is 629 g/mol. The fourth-order valence-electron chi connectivity index (χ4n) is 7.03. The van der Waals surface area contributed by atoms with Crippen LogP contribution in [0.1, 0.15) is 72.9 Å². The van der Waals surface area contributed by atoms with E-state index in [1.54, 1.807) is 13.0 Å². The van der Waals surface area contributed by atoms with Crippen LogP contribution in [0.25, 0.3) is 0 Å². The molecule has 44 heavy (non-hydrogen) atoms. The summed E-state index contributed by atoms with van der Waals surface area (Å²) in [6, 6.07) is 4.59. The molecular formula is C31H34F7N3O3. The maximum Gasteiger partial charge on any atom is 0.416 e. The van der Waals surface area contributed by atoms with Crippen molar-refractivity contribution in [3.8, 4) is 0 Å². The predicted molar refractivity (Wildman–Crippen MR) is 146 cm³/mol. The average molecular weight is 630 g/mol. The van der Waals surface area contributed by atoms with E-state index in [2.05, 4.69) is 4.90 Å². The van der Waals surface area contributed by atoms with Gasteiger partial charge in [0.1, 0.15) is 5.82 Å². The highest BCUT2D eigenvalue weighted by Gasteiger charge is 2.66. The van der Waals surface area contributed by atoms with Crippen LogP contribution in [0, 0.1) is 24.1 Å². The Kier molecular flexibility index (Phi) is 7.84. The molecule has 1 aliphatic carbocycles. The number of carboxylic acids is 1. The van der Waals surface area contributed by atoms with Crippen molar-refractivity contribution in [1.29, 1.82) is 0 Å². The van der Waals surface area contributed by atoms with E-state index in [4.69, 9.17) is 5.73 Å². The molecule has 1 amide bonds. The van der Waals surface area contributed by atoms with Gasteiger partial charge in [-0.2, -0.15) is 26.3 Å². The highest BCUT2D eigenvalue weighted by molar-refractivity contribution is 5.87. The zero-order chi connectivity index (χ0) is 32.6. The van der Waals surface area contributed by atoms with Crippen LogP contribution in [0.15, 0.2) is 36.4 Å². The van der Waals surface area contributed by atoms with Gasteiger partial charge in [-0.25, -0.2) is 4.39 Å². The van der Waals surface area contributed by atoms with Crippen molar-refractivity contribution in [2.24, 2.45) is 17.1 Å². The number of halogens is 7. The van der Waals surface area contributed by atoms with E-state index in [-0.39, 0.29) is 30.1 Å². The van der Waals surface area contributed by atoms with Crippen molar-refractivity contribution < 1.29 is 45.4 Å². The lowest BCUT2D eigenvalue weighted by atomic mass is 9.79. The zero-order valence-electron chi connectivity index (χ0n) is 24.4. The molecule has 0 aromatic heterocycles. The van der Waals surface area contributed by atoms with Crippen LogP contribution in [0.3, 0.4) is 0 Å². The number of fused-ring (bicyclic) bond motifs is 1. The zero-order valence-corrected chi connectivity index (χ0v) is 24.4. The van der Waals surface area contributed by atoms with Crippen LogP contribution in [-0.2, 0) is 21.9 Å². The maximum absolute atomic E-state index is 14.2. The molecule has 2 aromatic rings. The number of hydrogen-bond donors (Lipinski definition) is 2. The Morgan fingerprint density at radius 3 is 2.18 bits per heavy atom. The van der Waals surface area contributed by atoms with Gasteiger partial charge in [0.05, 0.1) is 28.1 Å². The van der Waals surface area contributed by atoms with Crippen LogP contribution in [0.2, 0.25) is 0 Å². The summed E-state index contributed by atoms with van der Waals surface area (Å²) in [4.78, 5) is 29.7. The molecule has 0 bridgehead atoms. The Bertz CT molecular complexity index is 1440. The third kappa shape index (κ3) is 5.68. The lowest BCUT2D eigenvalue weighted by Crippen LogP contribution is -2.59. The molecule has 6 nitrogen and oxygen atoms in total. The fourth-order valence-corrected chi connectivity index (χ4v) is 7.03. The Morgan fingerprint density at radius 2 is 1.66 bits per heavy atom. The third-order valence-electron chi connectivity index (χ3n) is 10.0. The SMILES string of the molecule is Cc1cc(F)ccc1[C@H]1C[C@@H](N2C[C@@H]3C[C@]3(C(=O)O)C2)CCN1C(=O)C(C)(N)[C@H](C)c1cc(C(F)(F)F)cc(C(F)(F)F)c1. The van der Waals surface area contributed by atoms with Gasteiger partial charge in [-0.05, 0) is 86.1 Å². The Labute approximate surface area is 250 Å². The number of piperidine rings is 2. The average Bonchev–Trinajstić information content (AvgIpc) is 3.51. The van der Waals surface area contributed by atoms with E-state index in [9.17, 15) is 45.4 Å². The van der Waals surface area contributed by atoms with E-state index < -0.39 is 64.1 Å². The van der Waals surface area contributed by atoms with Crippen LogP contribution >= 0.6 is 0 Å². The topological polar surface area (TPSA) is 86.9 Å². The summed E-state index contributed by atoms with van der Waals surface area (Å²) in [7, 11) is 0. The first-order valence-corrected chi connectivity index (χ1v) is 14.4. The number of amides is 1. The minimum absolute atomic E-state index is 0.0286. The van der Waals surface area contributed by atoms with Gasteiger partial charge >= 0.3 is 18.3 Å². The smallest absolute Gasteiger partial charge is 0.416 e. The minimum atomic E-state index is -5.06. The van der Waals surface area contributed by atoms with E-state index in [1.165, 1.54) is 30.9 Å². The number of nitrogens with two attached hydrogens (primary N) is 1. The molecule has 1 saturated carbocycles. The second-order valence-corrected chi connectivity index (χ2v) is 12.8. The molecular weight excluding hydrogens is 595 g/mol. The van der Waals surface area contributed by atoms with Crippen LogP contribution < -0.4 is 5.73 Å². The molecule has 2 aromatic carbocycles. The van der Waals surface area contributed by atoms with Crippen LogP contribution in [0.5, 0.6) is 0 Å². The molecule has 5 rings (SSSR count). The predicted octanol–water partition coefficient (Wildman–Crippen LogP) is 6.13. The van der Waals surface area contributed by atoms with Gasteiger partial charge in [-0.3, -0.25) is 14.5 Å². The molecule has 240 valence electrons. The Balaban J connectivity index is 1.46. The lowest BCUT2D eigenvalue weighted by molar-refractivity contribution is -0.144. The molecule has 0 spiro atoms. The van der Waals surface area contributed by atoms with Crippen molar-refractivity contribution in [3.63, 3.8) is 0 Å². The third-order valence-corrected chi connectivity index (χ3v) is 10.0. The van der Waals surface area contributed by atoms with Crippen molar-refractivity contribution in [3.05, 3.63) is 70.0 Å². The number of carbonyl (C=O) groups excluding carboxylic acids is 1. The van der Waals surface area contributed by atoms with Crippen molar-refractivity contribution in [1.82, 2.24) is 9.80 Å². The van der Waals surface area contributed by atoms with Gasteiger partial charge in [0, 0.05) is 31.6 Å². The minimum Gasteiger partial charge on any atom is -0.481 e. The van der Waals surface area contributed by atoms with Crippen molar-refractivity contribution in [2.75, 3.05) is 19.6 Å². The molecule has 6 atom stereocenters. The van der Waals surface area contributed by atoms with E-state index in [0.717, 1.165) is 0 Å². The number of nitrogens with zero attached hydrogens (tertiary/aromatic N) is 2. The molecule has 1 unspecified atom stereocenters. The summed E-state index contributed by atoms with van der Waals surface area (Å²) in [6.07, 6.45) is -8.68. The van der Waals surface area contributed by atoms with Gasteiger partial charge in [0.2, 0.25) is 5.91 Å². The normalized spacial score (nSPS) is 27.9. The summed E-state index contributed by atoms with van der Waals surface area (Å²) >= 11 is 0. The highest BCUT2D eigenvalue weighted by Crippen LogP contribution is 2.59.